The van der Waals surface area contributed by atoms with Gasteiger partial charge in [-0.15, -0.1) is 0 Å². The minimum Gasteiger partial charge on any atom is -0.333 e. The number of imidazole rings is 1. The van der Waals surface area contributed by atoms with Gasteiger partial charge in [-0.3, -0.25) is 4.98 Å². The van der Waals surface area contributed by atoms with Gasteiger partial charge in [0.25, 0.3) is 0 Å². The summed E-state index contributed by atoms with van der Waals surface area (Å²) in [5, 5.41) is 4.91. The van der Waals surface area contributed by atoms with Crippen molar-refractivity contribution < 1.29 is 0 Å². The number of benzene rings is 1. The molecule has 0 saturated heterocycles. The van der Waals surface area contributed by atoms with E-state index in [1.165, 1.54) is 16.8 Å². The Balaban J connectivity index is 1.44. The first kappa shape index (κ1) is 14.4. The molecule has 0 spiro atoms. The molecular formula is C19H22N4. The van der Waals surface area contributed by atoms with E-state index < -0.39 is 0 Å². The lowest BCUT2D eigenvalue weighted by molar-refractivity contribution is 0.379. The largest absolute Gasteiger partial charge is 0.333 e. The van der Waals surface area contributed by atoms with Crippen LogP contribution in [0.5, 0.6) is 0 Å². The normalized spacial score (nSPS) is 17.4. The fraction of sp³-hybridized carbons (Fsp3) is 0.368. The Hall–Kier alpha value is -2.20. The average molecular weight is 306 g/mol. The number of nitrogens with one attached hydrogen (secondary N) is 1. The number of aryl methyl sites for hydroxylation is 3. The maximum atomic E-state index is 4.57. The van der Waals surface area contributed by atoms with E-state index in [0.717, 1.165) is 42.8 Å². The van der Waals surface area contributed by atoms with E-state index in [1.807, 2.05) is 6.92 Å². The predicted octanol–water partition coefficient (Wildman–Crippen LogP) is 3.15. The van der Waals surface area contributed by atoms with Crippen molar-refractivity contribution in [1.29, 1.82) is 0 Å². The van der Waals surface area contributed by atoms with E-state index >= 15 is 0 Å². The highest BCUT2D eigenvalue weighted by Gasteiger charge is 2.19. The lowest BCUT2D eigenvalue weighted by Gasteiger charge is -2.25. The van der Waals surface area contributed by atoms with Crippen LogP contribution in [-0.4, -0.2) is 20.6 Å². The van der Waals surface area contributed by atoms with E-state index in [4.69, 9.17) is 0 Å². The molecule has 118 valence electrons. The fourth-order valence-electron chi connectivity index (χ4n) is 3.40. The third-order valence-electron chi connectivity index (χ3n) is 4.60. The molecule has 0 saturated carbocycles. The molecule has 3 aromatic rings. The topological polar surface area (TPSA) is 42.7 Å². The number of aromatic nitrogens is 3. The smallest absolute Gasteiger partial charge is 0.109 e. The number of hydrogen-bond donors (Lipinski definition) is 1. The highest BCUT2D eigenvalue weighted by Crippen LogP contribution is 2.17. The highest BCUT2D eigenvalue weighted by molar-refractivity contribution is 5.79. The lowest BCUT2D eigenvalue weighted by Crippen LogP contribution is -2.36. The van der Waals surface area contributed by atoms with Gasteiger partial charge in [0.2, 0.25) is 0 Å². The first-order chi connectivity index (χ1) is 11.2. The summed E-state index contributed by atoms with van der Waals surface area (Å²) in [5.74, 6) is 1.23. The van der Waals surface area contributed by atoms with Crippen LogP contribution in [0.2, 0.25) is 0 Å². The summed E-state index contributed by atoms with van der Waals surface area (Å²) in [7, 11) is 0. The maximum absolute atomic E-state index is 4.57. The molecule has 0 radical (unpaired) electrons. The Morgan fingerprint density at radius 1 is 1.13 bits per heavy atom. The van der Waals surface area contributed by atoms with Gasteiger partial charge in [0.1, 0.15) is 5.82 Å². The van der Waals surface area contributed by atoms with Crippen LogP contribution in [0.25, 0.3) is 10.9 Å². The number of nitrogens with zero attached hydrogens (tertiary/aromatic N) is 3. The zero-order valence-electron chi connectivity index (χ0n) is 13.7. The molecule has 3 heterocycles. The van der Waals surface area contributed by atoms with Gasteiger partial charge >= 0.3 is 0 Å². The maximum Gasteiger partial charge on any atom is 0.109 e. The summed E-state index contributed by atoms with van der Waals surface area (Å²) in [6.45, 7) is 6.02. The SMILES string of the molecule is Cc1cn2c(n1)CCC(NCc1ccc3nc(C)ccc3c1)C2. The number of fused-ring (bicyclic) bond motifs is 2. The first-order valence-corrected chi connectivity index (χ1v) is 8.30. The molecule has 23 heavy (non-hydrogen) atoms. The van der Waals surface area contributed by atoms with Crippen LogP contribution in [0.4, 0.5) is 0 Å². The molecule has 4 nitrogen and oxygen atoms in total. The van der Waals surface area contributed by atoms with Gasteiger partial charge in [-0.25, -0.2) is 4.98 Å². The molecule has 1 aliphatic heterocycles. The second-order valence-electron chi connectivity index (χ2n) is 6.55. The van der Waals surface area contributed by atoms with Crippen molar-refractivity contribution >= 4 is 10.9 Å². The summed E-state index contributed by atoms with van der Waals surface area (Å²) < 4.78 is 2.30. The third kappa shape index (κ3) is 2.99. The van der Waals surface area contributed by atoms with Crippen LogP contribution in [0.3, 0.4) is 0 Å². The minimum absolute atomic E-state index is 0.517. The van der Waals surface area contributed by atoms with Crippen molar-refractivity contribution in [2.75, 3.05) is 0 Å². The van der Waals surface area contributed by atoms with E-state index in [1.54, 1.807) is 0 Å². The van der Waals surface area contributed by atoms with E-state index in [9.17, 15) is 0 Å². The standard InChI is InChI=1S/C19H22N4/c1-13-3-5-16-9-15(4-7-18(16)21-13)10-20-17-6-8-19-22-14(2)11-23(19)12-17/h3-5,7,9,11,17,20H,6,8,10,12H2,1-2H3. The van der Waals surface area contributed by atoms with Gasteiger partial charge in [0, 0.05) is 42.8 Å². The predicted molar refractivity (Wildman–Crippen MR) is 92.4 cm³/mol. The Morgan fingerprint density at radius 3 is 2.96 bits per heavy atom. The molecule has 1 atom stereocenters. The summed E-state index contributed by atoms with van der Waals surface area (Å²) >= 11 is 0. The zero-order chi connectivity index (χ0) is 15.8. The molecule has 1 aromatic carbocycles. The average Bonchev–Trinajstić information content (AvgIpc) is 2.92. The Bertz CT molecular complexity index is 850. The second kappa shape index (κ2) is 5.78. The summed E-state index contributed by atoms with van der Waals surface area (Å²) in [6.07, 6.45) is 4.38. The summed E-state index contributed by atoms with van der Waals surface area (Å²) in [4.78, 5) is 9.14. The lowest BCUT2D eigenvalue weighted by atomic mass is 10.1. The number of pyridine rings is 1. The van der Waals surface area contributed by atoms with Gasteiger partial charge in [-0.05, 0) is 44.0 Å². The molecule has 0 amide bonds. The molecule has 4 heteroatoms. The van der Waals surface area contributed by atoms with E-state index in [-0.39, 0.29) is 0 Å². The van der Waals surface area contributed by atoms with Crippen LogP contribution >= 0.6 is 0 Å². The third-order valence-corrected chi connectivity index (χ3v) is 4.60. The van der Waals surface area contributed by atoms with Crippen LogP contribution in [-0.2, 0) is 19.5 Å². The van der Waals surface area contributed by atoms with Crippen molar-refractivity contribution in [3.63, 3.8) is 0 Å². The van der Waals surface area contributed by atoms with Crippen molar-refractivity contribution in [2.24, 2.45) is 0 Å². The molecular weight excluding hydrogens is 284 g/mol. The van der Waals surface area contributed by atoms with E-state index in [2.05, 4.69) is 63.3 Å². The zero-order valence-corrected chi connectivity index (χ0v) is 13.7. The fourth-order valence-corrected chi connectivity index (χ4v) is 3.40. The van der Waals surface area contributed by atoms with Crippen molar-refractivity contribution in [1.82, 2.24) is 19.9 Å². The Kier molecular flexibility index (Phi) is 3.62. The van der Waals surface area contributed by atoms with Crippen LogP contribution < -0.4 is 5.32 Å². The van der Waals surface area contributed by atoms with E-state index in [0.29, 0.717) is 6.04 Å². The first-order valence-electron chi connectivity index (χ1n) is 8.30. The second-order valence-corrected chi connectivity index (χ2v) is 6.55. The van der Waals surface area contributed by atoms with Crippen LogP contribution in [0.15, 0.2) is 36.5 Å². The van der Waals surface area contributed by atoms with Gasteiger partial charge < -0.3 is 9.88 Å². The van der Waals surface area contributed by atoms with Gasteiger partial charge in [0.15, 0.2) is 0 Å². The number of hydrogen-bond acceptors (Lipinski definition) is 3. The summed E-state index contributed by atoms with van der Waals surface area (Å²) in [6, 6.07) is 11.3. The molecule has 1 N–H and O–H groups in total. The van der Waals surface area contributed by atoms with Crippen molar-refractivity contribution in [3.05, 3.63) is 59.3 Å². The molecule has 1 unspecified atom stereocenters. The number of rotatable bonds is 3. The molecule has 2 aromatic heterocycles. The summed E-state index contributed by atoms with van der Waals surface area (Å²) in [5.41, 5.74) is 4.58. The van der Waals surface area contributed by atoms with Gasteiger partial charge in [-0.1, -0.05) is 12.1 Å². The molecule has 0 fully saturated rings. The Labute approximate surface area is 136 Å². The molecule has 0 aliphatic carbocycles. The monoisotopic (exact) mass is 306 g/mol. The molecule has 4 rings (SSSR count). The van der Waals surface area contributed by atoms with Crippen LogP contribution in [0.1, 0.15) is 29.2 Å². The van der Waals surface area contributed by atoms with Crippen molar-refractivity contribution in [2.45, 2.75) is 45.8 Å². The highest BCUT2D eigenvalue weighted by atomic mass is 15.1. The van der Waals surface area contributed by atoms with Gasteiger partial charge in [0.05, 0.1) is 11.2 Å². The van der Waals surface area contributed by atoms with Crippen molar-refractivity contribution in [3.8, 4) is 0 Å². The van der Waals surface area contributed by atoms with Crippen LogP contribution in [0, 0.1) is 13.8 Å². The minimum atomic E-state index is 0.517. The van der Waals surface area contributed by atoms with Gasteiger partial charge in [-0.2, -0.15) is 0 Å². The molecule has 0 bridgehead atoms. The quantitative estimate of drug-likeness (QED) is 0.808. The Morgan fingerprint density at radius 2 is 2.04 bits per heavy atom. The molecule has 1 aliphatic rings.